The lowest BCUT2D eigenvalue weighted by molar-refractivity contribution is 0.0106. The molecule has 0 heterocycles. The van der Waals surface area contributed by atoms with Crippen molar-refractivity contribution in [3.05, 3.63) is 35.9 Å². The fourth-order valence-corrected chi connectivity index (χ4v) is 4.22. The summed E-state index contributed by atoms with van der Waals surface area (Å²) in [7, 11) is 0. The van der Waals surface area contributed by atoms with Crippen molar-refractivity contribution in [2.45, 2.75) is 112 Å². The van der Waals surface area contributed by atoms with Crippen LogP contribution in [0.4, 0.5) is 19.2 Å². The Hall–Kier alpha value is -4.23. The van der Waals surface area contributed by atoms with Crippen molar-refractivity contribution in [1.29, 1.82) is 0 Å². The number of amides is 4. The Kier molecular flexibility index (Phi) is 16.9. The number of nitrogens with zero attached hydrogens (tertiary/aromatic N) is 2. The van der Waals surface area contributed by atoms with Crippen molar-refractivity contribution in [3.63, 3.8) is 0 Å². The van der Waals surface area contributed by atoms with Crippen molar-refractivity contribution in [1.82, 2.24) is 20.4 Å². The third-order valence-electron chi connectivity index (χ3n) is 6.13. The van der Waals surface area contributed by atoms with Crippen molar-refractivity contribution >= 4 is 30.3 Å². The van der Waals surface area contributed by atoms with E-state index in [1.54, 1.807) is 113 Å². The van der Waals surface area contributed by atoms with E-state index < -0.39 is 58.7 Å². The first kappa shape index (κ1) is 43.8. The topological polar surface area (TPSA) is 162 Å². The number of carbonyl (C=O) groups is 5. The van der Waals surface area contributed by atoms with E-state index in [1.165, 1.54) is 9.80 Å². The summed E-state index contributed by atoms with van der Waals surface area (Å²) in [5.41, 5.74) is -2.66. The predicted octanol–water partition coefficient (Wildman–Crippen LogP) is 6.37. The molecule has 1 aromatic rings. The smallest absolute Gasteiger partial charge is 0.410 e. The number of esters is 1. The van der Waals surface area contributed by atoms with E-state index in [0.717, 1.165) is 0 Å². The fourth-order valence-electron chi connectivity index (χ4n) is 4.22. The second-order valence-corrected chi connectivity index (χ2v) is 15.9. The summed E-state index contributed by atoms with van der Waals surface area (Å²) in [5.74, 6) is -0.984. The molecule has 0 spiro atoms. The number of alkyl carbamates (subject to hydrolysis) is 2. The van der Waals surface area contributed by atoms with Crippen LogP contribution in [-0.4, -0.2) is 108 Å². The molecule has 4 amide bonds. The molecule has 1 rings (SSSR count). The molecule has 0 aliphatic carbocycles. The Morgan fingerprint density at radius 1 is 0.600 bits per heavy atom. The molecule has 0 aliphatic rings. The standard InChI is InChI=1S/C36H60N4O10/c1-33(2,3)47-29(42)37-19-21-39(31(44)49-35(7,8)9)24-26(18-23-46-28(41)27-16-14-13-15-17-27)25-40(32(45)50-36(10,11)12)22-20-38-30(43)48-34(4,5)6/h13-17,26H,18-25H2,1-12H3,(H,37,42)(H,38,43). The van der Waals surface area contributed by atoms with Gasteiger partial charge in [-0.05, 0) is 108 Å². The molecule has 0 aliphatic heterocycles. The summed E-state index contributed by atoms with van der Waals surface area (Å²) in [6, 6.07) is 8.53. The Balaban J connectivity index is 3.31. The molecule has 14 heteroatoms. The minimum atomic E-state index is -0.815. The van der Waals surface area contributed by atoms with Crippen LogP contribution < -0.4 is 10.6 Å². The number of carbonyl (C=O) groups excluding carboxylic acids is 5. The van der Waals surface area contributed by atoms with Gasteiger partial charge in [0, 0.05) is 39.3 Å². The van der Waals surface area contributed by atoms with Gasteiger partial charge in [0.25, 0.3) is 0 Å². The van der Waals surface area contributed by atoms with E-state index in [4.69, 9.17) is 23.7 Å². The molecule has 0 saturated heterocycles. The van der Waals surface area contributed by atoms with Gasteiger partial charge in [-0.3, -0.25) is 0 Å². The number of rotatable bonds is 14. The van der Waals surface area contributed by atoms with Gasteiger partial charge in [-0.1, -0.05) is 18.2 Å². The normalized spacial score (nSPS) is 12.0. The molecule has 0 fully saturated rings. The molecule has 1 aromatic carbocycles. The quantitative estimate of drug-likeness (QED) is 0.164. The van der Waals surface area contributed by atoms with Crippen LogP contribution in [0.1, 0.15) is 99.9 Å². The lowest BCUT2D eigenvalue weighted by atomic mass is 10.0. The van der Waals surface area contributed by atoms with Gasteiger partial charge in [0.2, 0.25) is 0 Å². The Morgan fingerprint density at radius 2 is 0.980 bits per heavy atom. The zero-order valence-corrected chi connectivity index (χ0v) is 32.1. The fraction of sp³-hybridized carbons (Fsp3) is 0.694. The molecule has 14 nitrogen and oxygen atoms in total. The van der Waals surface area contributed by atoms with Gasteiger partial charge in [-0.25, -0.2) is 24.0 Å². The van der Waals surface area contributed by atoms with Crippen LogP contribution in [-0.2, 0) is 23.7 Å². The van der Waals surface area contributed by atoms with Crippen molar-refractivity contribution in [2.75, 3.05) is 45.9 Å². The van der Waals surface area contributed by atoms with Gasteiger partial charge in [0.15, 0.2) is 0 Å². The molecule has 50 heavy (non-hydrogen) atoms. The van der Waals surface area contributed by atoms with Crippen LogP contribution in [0.15, 0.2) is 30.3 Å². The van der Waals surface area contributed by atoms with E-state index >= 15 is 0 Å². The maximum Gasteiger partial charge on any atom is 0.410 e. The number of nitrogens with one attached hydrogen (secondary N) is 2. The summed E-state index contributed by atoms with van der Waals surface area (Å²) in [4.78, 5) is 67.1. The molecular weight excluding hydrogens is 648 g/mol. The van der Waals surface area contributed by atoms with Gasteiger partial charge in [0.1, 0.15) is 22.4 Å². The molecule has 0 saturated carbocycles. The monoisotopic (exact) mass is 708 g/mol. The summed E-state index contributed by atoms with van der Waals surface area (Å²) >= 11 is 0. The maximum absolute atomic E-state index is 13.4. The van der Waals surface area contributed by atoms with E-state index in [-0.39, 0.29) is 52.3 Å². The van der Waals surface area contributed by atoms with Gasteiger partial charge in [-0.2, -0.15) is 0 Å². The SMILES string of the molecule is CC(C)(C)OC(=O)NCCN(CC(CCOC(=O)c1ccccc1)CN(CCNC(=O)OC(C)(C)C)C(=O)OC(C)(C)C)C(=O)OC(C)(C)C. The summed E-state index contributed by atoms with van der Waals surface area (Å²) in [5, 5.41) is 5.32. The highest BCUT2D eigenvalue weighted by atomic mass is 16.6. The third-order valence-corrected chi connectivity index (χ3v) is 6.13. The van der Waals surface area contributed by atoms with E-state index in [9.17, 15) is 24.0 Å². The van der Waals surface area contributed by atoms with Gasteiger partial charge in [0.05, 0.1) is 12.2 Å². The molecule has 0 aromatic heterocycles. The molecule has 0 radical (unpaired) electrons. The molecule has 284 valence electrons. The third kappa shape index (κ3) is 21.0. The van der Waals surface area contributed by atoms with Crippen molar-refractivity contribution < 1.29 is 47.7 Å². The molecular formula is C36H60N4O10. The Morgan fingerprint density at radius 3 is 1.34 bits per heavy atom. The average molecular weight is 709 g/mol. The minimum absolute atomic E-state index is 0.0188. The molecule has 0 bridgehead atoms. The zero-order chi connectivity index (χ0) is 38.3. The van der Waals surface area contributed by atoms with Crippen LogP contribution in [0.2, 0.25) is 0 Å². The maximum atomic E-state index is 13.4. The van der Waals surface area contributed by atoms with E-state index in [2.05, 4.69) is 10.6 Å². The Labute approximate surface area is 297 Å². The zero-order valence-electron chi connectivity index (χ0n) is 32.1. The first-order valence-corrected chi connectivity index (χ1v) is 17.0. The van der Waals surface area contributed by atoms with Crippen LogP contribution >= 0.6 is 0 Å². The van der Waals surface area contributed by atoms with Gasteiger partial charge < -0.3 is 44.1 Å². The Bertz CT molecular complexity index is 1180. The van der Waals surface area contributed by atoms with E-state index in [1.807, 2.05) is 0 Å². The number of hydrogen-bond donors (Lipinski definition) is 2. The lowest BCUT2D eigenvalue weighted by Gasteiger charge is -2.34. The number of benzene rings is 1. The lowest BCUT2D eigenvalue weighted by Crippen LogP contribution is -2.48. The van der Waals surface area contributed by atoms with Crippen LogP contribution in [0.25, 0.3) is 0 Å². The second-order valence-electron chi connectivity index (χ2n) is 15.9. The highest BCUT2D eigenvalue weighted by Crippen LogP contribution is 2.18. The summed E-state index contributed by atoms with van der Waals surface area (Å²) in [6.07, 6.45) is -2.30. The average Bonchev–Trinajstić information content (AvgIpc) is 2.92. The summed E-state index contributed by atoms with van der Waals surface area (Å²) < 4.78 is 27.6. The largest absolute Gasteiger partial charge is 0.462 e. The molecule has 0 unspecified atom stereocenters. The predicted molar refractivity (Wildman–Crippen MR) is 189 cm³/mol. The van der Waals surface area contributed by atoms with Crippen molar-refractivity contribution in [3.8, 4) is 0 Å². The summed E-state index contributed by atoms with van der Waals surface area (Å²) in [6.45, 7) is 21.2. The van der Waals surface area contributed by atoms with Crippen LogP contribution in [0, 0.1) is 5.92 Å². The molecule has 0 atom stereocenters. The van der Waals surface area contributed by atoms with Gasteiger partial charge in [-0.15, -0.1) is 0 Å². The van der Waals surface area contributed by atoms with Crippen LogP contribution in [0.3, 0.4) is 0 Å². The van der Waals surface area contributed by atoms with Gasteiger partial charge >= 0.3 is 30.3 Å². The number of hydrogen-bond acceptors (Lipinski definition) is 10. The van der Waals surface area contributed by atoms with Crippen LogP contribution in [0.5, 0.6) is 0 Å². The number of ether oxygens (including phenoxy) is 5. The highest BCUT2D eigenvalue weighted by Gasteiger charge is 2.30. The molecule has 2 N–H and O–H groups in total. The first-order chi connectivity index (χ1) is 22.8. The van der Waals surface area contributed by atoms with Crippen molar-refractivity contribution in [2.24, 2.45) is 5.92 Å². The second kappa shape index (κ2) is 19.2. The van der Waals surface area contributed by atoms with E-state index in [0.29, 0.717) is 5.56 Å². The highest BCUT2D eigenvalue weighted by molar-refractivity contribution is 5.89. The minimum Gasteiger partial charge on any atom is -0.462 e. The first-order valence-electron chi connectivity index (χ1n) is 17.0.